The van der Waals surface area contributed by atoms with Crippen LogP contribution in [0.2, 0.25) is 0 Å². The van der Waals surface area contributed by atoms with Gasteiger partial charge in [-0.3, -0.25) is 20.0 Å². The van der Waals surface area contributed by atoms with E-state index < -0.39 is 15.7 Å². The number of benzene rings is 2. The number of aromatic nitrogens is 3. The maximum Gasteiger partial charge on any atom is 0.280 e. The molecular weight excluding hydrogens is 633 g/mol. The Hall–Kier alpha value is -4.11. The third kappa shape index (κ3) is 10.2. The van der Waals surface area contributed by atoms with Crippen LogP contribution < -0.4 is 10.9 Å². The number of H-pyrrole nitrogens is 1. The van der Waals surface area contributed by atoms with Gasteiger partial charge in [0.2, 0.25) is 5.95 Å². The molecule has 4 N–H and O–H groups in total. The Kier molecular flexibility index (Phi) is 12.6. The van der Waals surface area contributed by atoms with Crippen molar-refractivity contribution in [1.29, 1.82) is 5.26 Å². The third-order valence-corrected chi connectivity index (χ3v) is 8.54. The molecule has 0 radical (unpaired) electrons. The quantitative estimate of drug-likeness (QED) is 0.0732. The first kappa shape index (κ1) is 36.4. The van der Waals surface area contributed by atoms with Crippen molar-refractivity contribution < 1.29 is 24.6 Å². The summed E-state index contributed by atoms with van der Waals surface area (Å²) < 4.78 is 35.4. The third-order valence-electron chi connectivity index (χ3n) is 6.25. The molecule has 0 spiro atoms. The van der Waals surface area contributed by atoms with Crippen molar-refractivity contribution in [3.05, 3.63) is 58.0 Å². The van der Waals surface area contributed by atoms with Gasteiger partial charge < -0.3 is 14.8 Å². The maximum absolute atomic E-state index is 12.1. The number of azo groups is 1. The van der Waals surface area contributed by atoms with E-state index in [1.165, 1.54) is 0 Å². The normalized spacial score (nSPS) is 13.1. The van der Waals surface area contributed by atoms with E-state index >= 15 is 0 Å². The lowest BCUT2D eigenvalue weighted by atomic mass is 10.2. The van der Waals surface area contributed by atoms with Gasteiger partial charge in [-0.1, -0.05) is 19.9 Å². The van der Waals surface area contributed by atoms with Gasteiger partial charge in [-0.15, -0.1) is 16.5 Å². The van der Waals surface area contributed by atoms with E-state index in [1.54, 1.807) is 70.3 Å². The van der Waals surface area contributed by atoms with Gasteiger partial charge in [0.1, 0.15) is 15.1 Å². The van der Waals surface area contributed by atoms with Gasteiger partial charge in [-0.2, -0.15) is 10.4 Å². The molecule has 14 nitrogen and oxygen atoms in total. The molecule has 2 atom stereocenters. The van der Waals surface area contributed by atoms with Crippen LogP contribution in [-0.4, -0.2) is 74.9 Å². The predicted octanol–water partition coefficient (Wildman–Crippen LogP) is 4.83. The van der Waals surface area contributed by atoms with Gasteiger partial charge in [0, 0.05) is 26.6 Å². The standard InChI is InChI=1S/C20H15N7O4S2.C10H23NO2.H2/c1-10-3-8-14-16(17(10)33(29,30)31)32-19(24-14)12-4-6-13(7-5-12)26-27-15-11(2)23-20(22-9-21)25-18(15)28;1-8(2)5-11(6-9(3)12)7-10(4)13;/h3-8H,1-2H3,(H,29,30,31)(H2,22,23,25,28);8-10,12-13H,5-7H2,1-4H3;1H/p-1. The Balaban J connectivity index is 0.000000468. The highest BCUT2D eigenvalue weighted by molar-refractivity contribution is 7.86. The predicted molar refractivity (Wildman–Crippen MR) is 178 cm³/mol. The van der Waals surface area contributed by atoms with Gasteiger partial charge >= 0.3 is 0 Å². The van der Waals surface area contributed by atoms with E-state index in [4.69, 9.17) is 5.26 Å². The minimum absolute atomic E-state index is 0. The van der Waals surface area contributed by atoms with Gasteiger partial charge in [-0.05, 0) is 69.5 Å². The number of aryl methyl sites for hydroxylation is 2. The molecule has 0 fully saturated rings. The number of aliphatic hydroxyl groups is 2. The van der Waals surface area contributed by atoms with Crippen LogP contribution in [-0.2, 0) is 10.1 Å². The number of anilines is 1. The van der Waals surface area contributed by atoms with Crippen LogP contribution in [0.4, 0.5) is 17.3 Å². The van der Waals surface area contributed by atoms with E-state index in [2.05, 4.69) is 49.2 Å². The van der Waals surface area contributed by atoms with E-state index in [1.807, 2.05) is 0 Å². The number of hydrogen-bond donors (Lipinski definition) is 4. The molecule has 0 aliphatic heterocycles. The Bertz CT molecular complexity index is 1860. The Morgan fingerprint density at radius 2 is 1.67 bits per heavy atom. The fourth-order valence-corrected chi connectivity index (χ4v) is 6.86. The topological polar surface area (TPSA) is 220 Å². The highest BCUT2D eigenvalue weighted by Gasteiger charge is 2.16. The molecule has 0 saturated heterocycles. The zero-order valence-electron chi connectivity index (χ0n) is 26.3. The van der Waals surface area contributed by atoms with Gasteiger partial charge in [0.15, 0.2) is 11.9 Å². The summed E-state index contributed by atoms with van der Waals surface area (Å²) in [6.07, 6.45) is 1.03. The van der Waals surface area contributed by atoms with Crippen LogP contribution in [0.25, 0.3) is 20.8 Å². The van der Waals surface area contributed by atoms with Crippen molar-refractivity contribution in [3.8, 4) is 16.8 Å². The molecule has 0 bridgehead atoms. The molecule has 248 valence electrons. The summed E-state index contributed by atoms with van der Waals surface area (Å²) >= 11 is 1.12. The largest absolute Gasteiger partial charge is 0.744 e. The molecule has 4 rings (SSSR count). The maximum atomic E-state index is 12.1. The van der Waals surface area contributed by atoms with Crippen LogP contribution in [0.5, 0.6) is 0 Å². The number of aromatic amines is 1. The van der Waals surface area contributed by atoms with Crippen molar-refractivity contribution in [3.63, 3.8) is 0 Å². The van der Waals surface area contributed by atoms with Crippen LogP contribution >= 0.6 is 11.3 Å². The molecule has 2 aromatic carbocycles. The summed E-state index contributed by atoms with van der Waals surface area (Å²) in [4.78, 5) is 24.8. The zero-order chi connectivity index (χ0) is 34.2. The van der Waals surface area contributed by atoms with E-state index in [9.17, 15) is 28.0 Å². The minimum Gasteiger partial charge on any atom is -0.744 e. The first-order chi connectivity index (χ1) is 21.6. The lowest BCUT2D eigenvalue weighted by Gasteiger charge is -2.26. The minimum atomic E-state index is -4.64. The number of nitrogens with one attached hydrogen (secondary N) is 2. The second kappa shape index (κ2) is 15.9. The summed E-state index contributed by atoms with van der Waals surface area (Å²) in [5.41, 5.74) is 1.71. The number of nitriles is 1. The molecule has 2 aromatic heterocycles. The number of hydrogen-bond acceptors (Lipinski definition) is 14. The van der Waals surface area contributed by atoms with Crippen molar-refractivity contribution in [2.75, 3.05) is 25.0 Å². The second-order valence-electron chi connectivity index (χ2n) is 11.2. The fourth-order valence-electron chi connectivity index (χ4n) is 4.58. The van der Waals surface area contributed by atoms with Crippen molar-refractivity contribution in [2.24, 2.45) is 16.1 Å². The lowest BCUT2D eigenvalue weighted by molar-refractivity contribution is 0.0769. The first-order valence-electron chi connectivity index (χ1n) is 14.3. The van der Waals surface area contributed by atoms with Crippen LogP contribution in [0.3, 0.4) is 0 Å². The van der Waals surface area contributed by atoms with Crippen molar-refractivity contribution >= 4 is 49.0 Å². The molecule has 2 unspecified atom stereocenters. The fraction of sp³-hybridized carbons (Fsp3) is 0.400. The van der Waals surface area contributed by atoms with Crippen LogP contribution in [0.1, 0.15) is 40.4 Å². The molecule has 0 aliphatic rings. The highest BCUT2D eigenvalue weighted by atomic mass is 32.2. The summed E-state index contributed by atoms with van der Waals surface area (Å²) in [5, 5.41) is 37.9. The molecular formula is C30H39N8O6S2-. The molecule has 46 heavy (non-hydrogen) atoms. The summed E-state index contributed by atoms with van der Waals surface area (Å²) in [6.45, 7) is 13.2. The molecule has 0 aliphatic carbocycles. The van der Waals surface area contributed by atoms with E-state index in [-0.39, 0.29) is 30.2 Å². The van der Waals surface area contributed by atoms with Crippen molar-refractivity contribution in [2.45, 2.75) is 58.6 Å². The second-order valence-corrected chi connectivity index (χ2v) is 13.5. The number of rotatable bonds is 11. The Morgan fingerprint density at radius 3 is 2.20 bits per heavy atom. The number of thiazole rings is 1. The smallest absolute Gasteiger partial charge is 0.280 e. The zero-order valence-corrected chi connectivity index (χ0v) is 28.0. The van der Waals surface area contributed by atoms with Crippen molar-refractivity contribution in [1.82, 2.24) is 19.9 Å². The number of nitrogens with zero attached hydrogens (tertiary/aromatic N) is 6. The van der Waals surface area contributed by atoms with Crippen LogP contribution in [0.15, 0.2) is 56.3 Å². The van der Waals surface area contributed by atoms with Gasteiger partial charge in [0.05, 0.1) is 38.7 Å². The average molecular weight is 672 g/mol. The lowest BCUT2D eigenvalue weighted by Crippen LogP contribution is -2.38. The Labute approximate surface area is 272 Å². The van der Waals surface area contributed by atoms with E-state index in [0.29, 0.717) is 56.7 Å². The highest BCUT2D eigenvalue weighted by Crippen LogP contribution is 2.36. The number of aliphatic hydroxyl groups excluding tert-OH is 2. The first-order valence-corrected chi connectivity index (χ1v) is 16.5. The molecule has 4 aromatic rings. The summed E-state index contributed by atoms with van der Waals surface area (Å²) in [7, 11) is -4.64. The van der Waals surface area contributed by atoms with Gasteiger partial charge in [0.25, 0.3) is 5.56 Å². The molecule has 2 heterocycles. The molecule has 16 heteroatoms. The average Bonchev–Trinajstić information content (AvgIpc) is 3.35. The van der Waals surface area contributed by atoms with E-state index in [0.717, 1.165) is 17.9 Å². The Morgan fingerprint density at radius 1 is 1.04 bits per heavy atom. The van der Waals surface area contributed by atoms with Crippen LogP contribution in [0, 0.1) is 31.2 Å². The summed E-state index contributed by atoms with van der Waals surface area (Å²) in [5.74, 6) is 0.583. The molecule has 0 amide bonds. The van der Waals surface area contributed by atoms with Gasteiger partial charge in [-0.25, -0.2) is 18.4 Å². The summed E-state index contributed by atoms with van der Waals surface area (Å²) in [6, 6.07) is 9.99. The molecule has 0 saturated carbocycles. The monoisotopic (exact) mass is 671 g/mol. The number of fused-ring (bicyclic) bond motifs is 1. The SMILES string of the molecule is CC(C)CN(CC(C)O)CC(C)O.Cc1ccc2nc(-c3ccc(N=Nc4c(C)nc(NC#N)[nH]c4=O)cc3)sc2c1S(=O)(=O)[O-].[HH].